The monoisotopic (exact) mass is 228 g/mol. The number of aliphatic hydroxyl groups excluding tert-OH is 1. The summed E-state index contributed by atoms with van der Waals surface area (Å²) in [5.41, 5.74) is 0. The maximum absolute atomic E-state index is 11.2. The zero-order valence-electron chi connectivity index (χ0n) is 10.2. The van der Waals surface area contributed by atoms with Crippen LogP contribution in [-0.4, -0.2) is 36.8 Å². The van der Waals surface area contributed by atoms with Crippen LogP contribution in [-0.2, 0) is 4.79 Å². The van der Waals surface area contributed by atoms with E-state index in [-0.39, 0.29) is 12.0 Å². The Bertz CT molecular complexity index is 209. The molecule has 3 N–H and O–H groups in total. The Morgan fingerprint density at radius 1 is 1.38 bits per heavy atom. The molecule has 1 rings (SSSR count). The van der Waals surface area contributed by atoms with Gasteiger partial charge in [-0.05, 0) is 25.7 Å². The van der Waals surface area contributed by atoms with Gasteiger partial charge in [-0.1, -0.05) is 12.8 Å². The highest BCUT2D eigenvalue weighted by molar-refractivity contribution is 5.75. The van der Waals surface area contributed by atoms with Crippen molar-refractivity contribution in [3.05, 3.63) is 0 Å². The van der Waals surface area contributed by atoms with Gasteiger partial charge in [-0.25, -0.2) is 0 Å². The highest BCUT2D eigenvalue weighted by Crippen LogP contribution is 2.23. The molecule has 0 aromatic heterocycles. The van der Waals surface area contributed by atoms with Crippen molar-refractivity contribution in [2.24, 2.45) is 5.92 Å². The number of aliphatic hydroxyl groups is 1. The van der Waals surface area contributed by atoms with Crippen molar-refractivity contribution in [1.29, 1.82) is 0 Å². The van der Waals surface area contributed by atoms with E-state index < -0.39 is 0 Å². The van der Waals surface area contributed by atoms with E-state index in [4.69, 9.17) is 0 Å². The second-order valence-corrected chi connectivity index (χ2v) is 4.52. The minimum Gasteiger partial charge on any atom is -0.393 e. The molecule has 0 saturated heterocycles. The van der Waals surface area contributed by atoms with Crippen LogP contribution in [0.5, 0.6) is 0 Å². The van der Waals surface area contributed by atoms with Gasteiger partial charge in [0, 0.05) is 26.1 Å². The third-order valence-electron chi connectivity index (χ3n) is 3.18. The van der Waals surface area contributed by atoms with Crippen LogP contribution in [0.3, 0.4) is 0 Å². The molecule has 1 fully saturated rings. The first-order chi connectivity index (χ1) is 7.74. The van der Waals surface area contributed by atoms with E-state index in [1.165, 1.54) is 6.42 Å². The van der Waals surface area contributed by atoms with Crippen LogP contribution < -0.4 is 10.6 Å². The number of carbonyl (C=O) groups excluding carboxylic acids is 1. The predicted molar refractivity (Wildman–Crippen MR) is 64.1 cm³/mol. The van der Waals surface area contributed by atoms with Crippen LogP contribution in [0.2, 0.25) is 0 Å². The third kappa shape index (κ3) is 4.94. The van der Waals surface area contributed by atoms with Gasteiger partial charge < -0.3 is 15.7 Å². The van der Waals surface area contributed by atoms with Gasteiger partial charge in [0.05, 0.1) is 6.10 Å². The molecule has 16 heavy (non-hydrogen) atoms. The molecule has 4 heteroatoms. The van der Waals surface area contributed by atoms with Gasteiger partial charge in [-0.2, -0.15) is 0 Å². The molecule has 0 aromatic rings. The topological polar surface area (TPSA) is 61.4 Å². The molecular weight excluding hydrogens is 204 g/mol. The third-order valence-corrected chi connectivity index (χ3v) is 3.18. The van der Waals surface area contributed by atoms with Gasteiger partial charge in [-0.3, -0.25) is 4.79 Å². The van der Waals surface area contributed by atoms with Gasteiger partial charge in [0.1, 0.15) is 0 Å². The minimum atomic E-state index is -0.147. The number of hydrogen-bond acceptors (Lipinski definition) is 3. The van der Waals surface area contributed by atoms with Crippen molar-refractivity contribution >= 4 is 5.91 Å². The fourth-order valence-corrected chi connectivity index (χ4v) is 2.20. The molecule has 1 aliphatic carbocycles. The molecule has 0 spiro atoms. The van der Waals surface area contributed by atoms with Crippen molar-refractivity contribution < 1.29 is 9.90 Å². The lowest BCUT2D eigenvalue weighted by atomic mass is 9.86. The van der Waals surface area contributed by atoms with E-state index in [0.717, 1.165) is 25.8 Å². The average Bonchev–Trinajstić information content (AvgIpc) is 2.27. The molecule has 94 valence electrons. The van der Waals surface area contributed by atoms with Crippen LogP contribution in [0.15, 0.2) is 0 Å². The summed E-state index contributed by atoms with van der Waals surface area (Å²) >= 11 is 0. The van der Waals surface area contributed by atoms with Crippen LogP contribution in [0.1, 0.15) is 39.0 Å². The normalized spacial score (nSPS) is 25.4. The second kappa shape index (κ2) is 7.63. The summed E-state index contributed by atoms with van der Waals surface area (Å²) in [6.07, 6.45) is 4.79. The lowest BCUT2D eigenvalue weighted by Gasteiger charge is -2.27. The number of amides is 1. The Hall–Kier alpha value is -0.610. The molecule has 1 amide bonds. The summed E-state index contributed by atoms with van der Waals surface area (Å²) in [7, 11) is 0. The van der Waals surface area contributed by atoms with E-state index in [0.29, 0.717) is 25.4 Å². The van der Waals surface area contributed by atoms with Gasteiger partial charge in [0.25, 0.3) is 0 Å². The van der Waals surface area contributed by atoms with Crippen molar-refractivity contribution in [2.75, 3.05) is 19.6 Å². The summed E-state index contributed by atoms with van der Waals surface area (Å²) < 4.78 is 0. The summed E-state index contributed by atoms with van der Waals surface area (Å²) in [5, 5.41) is 15.8. The van der Waals surface area contributed by atoms with Crippen molar-refractivity contribution in [3.63, 3.8) is 0 Å². The van der Waals surface area contributed by atoms with Crippen molar-refractivity contribution in [1.82, 2.24) is 10.6 Å². The molecule has 0 aliphatic heterocycles. The van der Waals surface area contributed by atoms with E-state index in [1.807, 2.05) is 6.92 Å². The molecule has 2 unspecified atom stereocenters. The lowest BCUT2D eigenvalue weighted by Crippen LogP contribution is -2.35. The molecule has 0 aromatic carbocycles. The van der Waals surface area contributed by atoms with Gasteiger partial charge >= 0.3 is 0 Å². The van der Waals surface area contributed by atoms with Crippen LogP contribution in [0.4, 0.5) is 0 Å². The van der Waals surface area contributed by atoms with Crippen LogP contribution >= 0.6 is 0 Å². The van der Waals surface area contributed by atoms with Gasteiger partial charge in [0.2, 0.25) is 5.91 Å². The Morgan fingerprint density at radius 3 is 2.81 bits per heavy atom. The maximum atomic E-state index is 11.2. The Labute approximate surface area is 97.8 Å². The molecule has 0 radical (unpaired) electrons. The largest absolute Gasteiger partial charge is 0.393 e. The first-order valence-corrected chi connectivity index (χ1v) is 6.39. The highest BCUT2D eigenvalue weighted by Gasteiger charge is 2.22. The summed E-state index contributed by atoms with van der Waals surface area (Å²) in [5.74, 6) is 0.474. The predicted octanol–water partition coefficient (Wildman–Crippen LogP) is 0.653. The molecule has 0 bridgehead atoms. The highest BCUT2D eigenvalue weighted by atomic mass is 16.3. The van der Waals surface area contributed by atoms with Crippen molar-refractivity contribution in [2.45, 2.75) is 45.1 Å². The number of carbonyl (C=O) groups is 1. The second-order valence-electron chi connectivity index (χ2n) is 4.52. The molecule has 0 heterocycles. The van der Waals surface area contributed by atoms with E-state index in [2.05, 4.69) is 10.6 Å². The van der Waals surface area contributed by atoms with E-state index in [9.17, 15) is 9.90 Å². The Morgan fingerprint density at radius 2 is 2.12 bits per heavy atom. The fraction of sp³-hybridized carbons (Fsp3) is 0.917. The number of rotatable bonds is 6. The molecule has 1 saturated carbocycles. The van der Waals surface area contributed by atoms with Gasteiger partial charge in [-0.15, -0.1) is 0 Å². The van der Waals surface area contributed by atoms with Crippen LogP contribution in [0, 0.1) is 5.92 Å². The van der Waals surface area contributed by atoms with Gasteiger partial charge in [0.15, 0.2) is 0 Å². The summed E-state index contributed by atoms with van der Waals surface area (Å²) in [6.45, 7) is 4.15. The molecule has 4 nitrogen and oxygen atoms in total. The SMILES string of the molecule is CCNC(=O)CCNCC1CCCCC1O. The number of hydrogen-bond donors (Lipinski definition) is 3. The standard InChI is InChI=1S/C12H24N2O2/c1-2-14-12(16)7-8-13-9-10-5-3-4-6-11(10)15/h10-11,13,15H,2-9H2,1H3,(H,14,16). The fourth-order valence-electron chi connectivity index (χ4n) is 2.20. The quantitative estimate of drug-likeness (QED) is 0.585. The lowest BCUT2D eigenvalue weighted by molar-refractivity contribution is -0.120. The first kappa shape index (κ1) is 13.5. The maximum Gasteiger partial charge on any atom is 0.221 e. The van der Waals surface area contributed by atoms with E-state index >= 15 is 0 Å². The Kier molecular flexibility index (Phi) is 6.42. The van der Waals surface area contributed by atoms with E-state index in [1.54, 1.807) is 0 Å². The summed E-state index contributed by atoms with van der Waals surface area (Å²) in [4.78, 5) is 11.2. The first-order valence-electron chi connectivity index (χ1n) is 6.39. The number of nitrogens with one attached hydrogen (secondary N) is 2. The smallest absolute Gasteiger partial charge is 0.221 e. The minimum absolute atomic E-state index is 0.0965. The average molecular weight is 228 g/mol. The zero-order chi connectivity index (χ0) is 11.8. The van der Waals surface area contributed by atoms with Crippen molar-refractivity contribution in [3.8, 4) is 0 Å². The molecule has 1 aliphatic rings. The molecule has 2 atom stereocenters. The zero-order valence-corrected chi connectivity index (χ0v) is 10.2. The molecular formula is C12H24N2O2. The summed E-state index contributed by atoms with van der Waals surface area (Å²) in [6, 6.07) is 0. The Balaban J connectivity index is 2.03. The van der Waals surface area contributed by atoms with Crippen LogP contribution in [0.25, 0.3) is 0 Å².